The first-order valence-corrected chi connectivity index (χ1v) is 9.20. The summed E-state index contributed by atoms with van der Waals surface area (Å²) in [5.41, 5.74) is 3.47. The second-order valence-electron chi connectivity index (χ2n) is 6.78. The van der Waals surface area contributed by atoms with E-state index in [2.05, 4.69) is 0 Å². The molecule has 0 saturated heterocycles. The van der Waals surface area contributed by atoms with Gasteiger partial charge in [-0.2, -0.15) is 0 Å². The van der Waals surface area contributed by atoms with E-state index in [4.69, 9.17) is 13.9 Å². The van der Waals surface area contributed by atoms with Crippen LogP contribution in [-0.4, -0.2) is 36.1 Å². The Morgan fingerprint density at radius 1 is 1.11 bits per heavy atom. The summed E-state index contributed by atoms with van der Waals surface area (Å²) in [6.45, 7) is 1.46. The van der Waals surface area contributed by atoms with E-state index in [1.807, 2.05) is 35.2 Å². The number of nitrogens with zero attached hydrogens (tertiary/aromatic N) is 2. The third-order valence-corrected chi connectivity index (χ3v) is 5.19. The van der Waals surface area contributed by atoms with Crippen LogP contribution >= 0.6 is 0 Å². The van der Waals surface area contributed by atoms with E-state index in [9.17, 15) is 9.59 Å². The molecule has 7 nitrogen and oxygen atoms in total. The maximum absolute atomic E-state index is 12.8. The van der Waals surface area contributed by atoms with Gasteiger partial charge in [0.25, 0.3) is 0 Å². The molecule has 0 fully saturated rings. The van der Waals surface area contributed by atoms with Gasteiger partial charge in [0.2, 0.25) is 5.91 Å². The topological polar surface area (TPSA) is 73.9 Å². The number of benzene rings is 2. The van der Waals surface area contributed by atoms with Gasteiger partial charge in [-0.15, -0.1) is 0 Å². The number of oxazole rings is 1. The van der Waals surface area contributed by atoms with E-state index >= 15 is 0 Å². The molecular weight excluding hydrogens is 360 g/mol. The molecule has 0 saturated carbocycles. The zero-order chi connectivity index (χ0) is 19.7. The van der Waals surface area contributed by atoms with Gasteiger partial charge in [0.1, 0.15) is 0 Å². The van der Waals surface area contributed by atoms with Crippen LogP contribution in [0.5, 0.6) is 11.5 Å². The molecule has 1 aliphatic heterocycles. The van der Waals surface area contributed by atoms with Gasteiger partial charge in [0, 0.05) is 26.1 Å². The van der Waals surface area contributed by atoms with Crippen molar-refractivity contribution in [2.75, 3.05) is 20.8 Å². The molecule has 1 amide bonds. The fraction of sp³-hybridized carbons (Fsp3) is 0.333. The first-order chi connectivity index (χ1) is 13.6. The lowest BCUT2D eigenvalue weighted by molar-refractivity contribution is -0.132. The Kier molecular flexibility index (Phi) is 4.81. The predicted octanol–water partition coefficient (Wildman–Crippen LogP) is 2.59. The average Bonchev–Trinajstić information content (AvgIpc) is 3.05. The van der Waals surface area contributed by atoms with Crippen molar-refractivity contribution in [1.82, 2.24) is 9.47 Å². The molecule has 0 radical (unpaired) electrons. The van der Waals surface area contributed by atoms with Crippen molar-refractivity contribution >= 4 is 17.0 Å². The standard InChI is InChI=1S/C21H22N2O5/c1-26-18-11-14-7-9-22(13-15(14)12-19(18)27-2)20(24)8-10-23-16-5-3-4-6-17(16)28-21(23)25/h3-6,11-12H,7-10,13H2,1-2H3. The Morgan fingerprint density at radius 2 is 1.82 bits per heavy atom. The summed E-state index contributed by atoms with van der Waals surface area (Å²) in [6.07, 6.45) is 1.00. The van der Waals surface area contributed by atoms with Crippen LogP contribution in [0, 0.1) is 0 Å². The number of hydrogen-bond donors (Lipinski definition) is 0. The minimum Gasteiger partial charge on any atom is -0.493 e. The Bertz CT molecular complexity index is 1080. The number of amides is 1. The van der Waals surface area contributed by atoms with Gasteiger partial charge in [-0.25, -0.2) is 4.79 Å². The van der Waals surface area contributed by atoms with E-state index < -0.39 is 5.76 Å². The number of aryl methyl sites for hydroxylation is 1. The molecule has 0 aliphatic carbocycles. The molecule has 0 unspecified atom stereocenters. The minimum atomic E-state index is -0.435. The summed E-state index contributed by atoms with van der Waals surface area (Å²) in [5.74, 6) is 0.937. The molecule has 2 heterocycles. The maximum Gasteiger partial charge on any atom is 0.419 e. The smallest absolute Gasteiger partial charge is 0.419 e. The highest BCUT2D eigenvalue weighted by Crippen LogP contribution is 2.33. The number of hydrogen-bond acceptors (Lipinski definition) is 5. The lowest BCUT2D eigenvalue weighted by Gasteiger charge is -2.29. The molecule has 1 aliphatic rings. The first kappa shape index (κ1) is 18.2. The molecule has 1 aromatic heterocycles. The number of fused-ring (bicyclic) bond motifs is 2. The van der Waals surface area contributed by atoms with E-state index in [1.165, 1.54) is 10.1 Å². The van der Waals surface area contributed by atoms with Crippen molar-refractivity contribution in [1.29, 1.82) is 0 Å². The van der Waals surface area contributed by atoms with Gasteiger partial charge in [-0.1, -0.05) is 12.1 Å². The number of rotatable bonds is 5. The van der Waals surface area contributed by atoms with E-state index in [-0.39, 0.29) is 12.3 Å². The van der Waals surface area contributed by atoms with Crippen molar-refractivity contribution in [3.63, 3.8) is 0 Å². The van der Waals surface area contributed by atoms with Crippen LogP contribution in [0.4, 0.5) is 0 Å². The number of para-hydroxylation sites is 2. The summed E-state index contributed by atoms with van der Waals surface area (Å²) in [4.78, 5) is 26.6. The zero-order valence-electron chi connectivity index (χ0n) is 15.9. The largest absolute Gasteiger partial charge is 0.493 e. The van der Waals surface area contributed by atoms with E-state index in [0.717, 1.165) is 12.0 Å². The van der Waals surface area contributed by atoms with Gasteiger partial charge in [0.05, 0.1) is 19.7 Å². The minimum absolute atomic E-state index is 0.0117. The van der Waals surface area contributed by atoms with Gasteiger partial charge < -0.3 is 18.8 Å². The summed E-state index contributed by atoms with van der Waals surface area (Å²) < 4.78 is 17.5. The summed E-state index contributed by atoms with van der Waals surface area (Å²) in [5, 5.41) is 0. The van der Waals surface area contributed by atoms with Crippen LogP contribution < -0.4 is 15.2 Å². The summed E-state index contributed by atoms with van der Waals surface area (Å²) >= 11 is 0. The highest BCUT2D eigenvalue weighted by Gasteiger charge is 2.23. The molecular formula is C21H22N2O5. The molecule has 2 aromatic carbocycles. The zero-order valence-corrected chi connectivity index (χ0v) is 15.9. The number of methoxy groups -OCH3 is 2. The van der Waals surface area contributed by atoms with Crippen LogP contribution in [0.2, 0.25) is 0 Å². The van der Waals surface area contributed by atoms with Crippen LogP contribution in [-0.2, 0) is 24.3 Å². The van der Waals surface area contributed by atoms with Crippen molar-refractivity contribution in [2.24, 2.45) is 0 Å². The fourth-order valence-electron chi connectivity index (χ4n) is 3.69. The Hall–Kier alpha value is -3.22. The quantitative estimate of drug-likeness (QED) is 0.678. The van der Waals surface area contributed by atoms with Gasteiger partial charge in [-0.05, 0) is 41.8 Å². The van der Waals surface area contributed by atoms with Crippen molar-refractivity contribution < 1.29 is 18.7 Å². The van der Waals surface area contributed by atoms with E-state index in [1.54, 1.807) is 20.3 Å². The number of aromatic nitrogens is 1. The fourth-order valence-corrected chi connectivity index (χ4v) is 3.69. The molecule has 0 bridgehead atoms. The van der Waals surface area contributed by atoms with Crippen molar-refractivity contribution in [3.05, 3.63) is 58.1 Å². The molecule has 3 aromatic rings. The van der Waals surface area contributed by atoms with Crippen molar-refractivity contribution in [2.45, 2.75) is 25.9 Å². The third kappa shape index (κ3) is 3.24. The second kappa shape index (κ2) is 7.42. The molecule has 0 N–H and O–H groups in total. The number of ether oxygens (including phenoxy) is 2. The second-order valence-corrected chi connectivity index (χ2v) is 6.78. The van der Waals surface area contributed by atoms with Crippen LogP contribution in [0.1, 0.15) is 17.5 Å². The third-order valence-electron chi connectivity index (χ3n) is 5.19. The van der Waals surface area contributed by atoms with Gasteiger partial charge in [0.15, 0.2) is 17.1 Å². The molecule has 146 valence electrons. The summed E-state index contributed by atoms with van der Waals surface area (Å²) in [6, 6.07) is 11.1. The normalized spacial score (nSPS) is 13.4. The molecule has 0 spiro atoms. The SMILES string of the molecule is COc1cc2c(cc1OC)CN(C(=O)CCn1c(=O)oc3ccccc31)CC2. The van der Waals surface area contributed by atoms with Crippen LogP contribution in [0.15, 0.2) is 45.6 Å². The van der Waals surface area contributed by atoms with Crippen LogP contribution in [0.3, 0.4) is 0 Å². The maximum atomic E-state index is 12.8. The Morgan fingerprint density at radius 3 is 2.57 bits per heavy atom. The average molecular weight is 382 g/mol. The Labute approximate surface area is 162 Å². The van der Waals surface area contributed by atoms with Gasteiger partial charge in [-0.3, -0.25) is 9.36 Å². The first-order valence-electron chi connectivity index (χ1n) is 9.20. The molecule has 7 heteroatoms. The van der Waals surface area contributed by atoms with E-state index in [0.29, 0.717) is 42.2 Å². The lowest BCUT2D eigenvalue weighted by Crippen LogP contribution is -2.36. The van der Waals surface area contributed by atoms with Crippen LogP contribution in [0.25, 0.3) is 11.1 Å². The molecule has 0 atom stereocenters. The lowest BCUT2D eigenvalue weighted by atomic mass is 9.98. The van der Waals surface area contributed by atoms with Gasteiger partial charge >= 0.3 is 5.76 Å². The molecule has 4 rings (SSSR count). The Balaban J connectivity index is 1.48. The number of carbonyl (C=O) groups is 1. The highest BCUT2D eigenvalue weighted by molar-refractivity contribution is 5.77. The number of carbonyl (C=O) groups excluding carboxylic acids is 1. The van der Waals surface area contributed by atoms with Crippen molar-refractivity contribution in [3.8, 4) is 11.5 Å². The monoisotopic (exact) mass is 382 g/mol. The highest BCUT2D eigenvalue weighted by atomic mass is 16.5. The molecule has 28 heavy (non-hydrogen) atoms. The summed E-state index contributed by atoms with van der Waals surface area (Å²) in [7, 11) is 3.22. The predicted molar refractivity (Wildman–Crippen MR) is 104 cm³/mol.